The molecule has 1 amide bonds. The van der Waals surface area contributed by atoms with Crippen LogP contribution >= 0.6 is 11.6 Å². The Balaban J connectivity index is 2.19. The highest BCUT2D eigenvalue weighted by molar-refractivity contribution is 6.32. The van der Waals surface area contributed by atoms with Crippen LogP contribution in [0.15, 0.2) is 42.5 Å². The van der Waals surface area contributed by atoms with Gasteiger partial charge in [0.25, 0.3) is 11.6 Å². The summed E-state index contributed by atoms with van der Waals surface area (Å²) in [7, 11) is 0. The van der Waals surface area contributed by atoms with Gasteiger partial charge in [0.1, 0.15) is 5.02 Å². The lowest BCUT2D eigenvalue weighted by Crippen LogP contribution is -2.13. The van der Waals surface area contributed by atoms with Crippen molar-refractivity contribution in [1.29, 1.82) is 0 Å². The van der Waals surface area contributed by atoms with Crippen molar-refractivity contribution in [3.63, 3.8) is 0 Å². The zero-order valence-corrected chi connectivity index (χ0v) is 12.0. The van der Waals surface area contributed by atoms with E-state index in [1.165, 1.54) is 12.1 Å². The average molecular weight is 345 g/mol. The Kier molecular flexibility index (Phi) is 4.55. The SMILES string of the molecule is O=C(Nc1ccc(Cl)c([N+](=O)[O-])c1)c1ccc(C(F)(F)F)cc1. The molecule has 0 unspecified atom stereocenters. The number of anilines is 1. The molecule has 2 aromatic carbocycles. The molecule has 0 aliphatic rings. The fourth-order valence-corrected chi connectivity index (χ4v) is 1.93. The number of hydrogen-bond donors (Lipinski definition) is 1. The highest BCUT2D eigenvalue weighted by Crippen LogP contribution is 2.30. The molecule has 5 nitrogen and oxygen atoms in total. The van der Waals surface area contributed by atoms with Crippen molar-refractivity contribution in [2.24, 2.45) is 0 Å². The van der Waals surface area contributed by atoms with E-state index in [9.17, 15) is 28.1 Å². The highest BCUT2D eigenvalue weighted by atomic mass is 35.5. The number of amides is 1. The van der Waals surface area contributed by atoms with E-state index in [0.29, 0.717) is 0 Å². The van der Waals surface area contributed by atoms with E-state index in [0.717, 1.165) is 30.3 Å². The number of nitrogens with zero attached hydrogens (tertiary/aromatic N) is 1. The number of halogens is 4. The van der Waals surface area contributed by atoms with Gasteiger partial charge in [0, 0.05) is 17.3 Å². The first-order valence-corrected chi connectivity index (χ1v) is 6.49. The number of alkyl halides is 3. The summed E-state index contributed by atoms with van der Waals surface area (Å²) in [5, 5.41) is 13.0. The van der Waals surface area contributed by atoms with Crippen LogP contribution in [-0.2, 0) is 6.18 Å². The van der Waals surface area contributed by atoms with Gasteiger partial charge in [-0.3, -0.25) is 14.9 Å². The highest BCUT2D eigenvalue weighted by Gasteiger charge is 2.30. The molecule has 1 N–H and O–H groups in total. The summed E-state index contributed by atoms with van der Waals surface area (Å²) in [6.45, 7) is 0. The zero-order valence-electron chi connectivity index (χ0n) is 11.2. The number of carbonyl (C=O) groups excluding carboxylic acids is 1. The molecule has 120 valence electrons. The molecular weight excluding hydrogens is 337 g/mol. The molecule has 0 fully saturated rings. The van der Waals surface area contributed by atoms with Crippen LogP contribution in [-0.4, -0.2) is 10.8 Å². The topological polar surface area (TPSA) is 72.2 Å². The van der Waals surface area contributed by atoms with Gasteiger partial charge in [0.15, 0.2) is 0 Å². The second-order valence-corrected chi connectivity index (χ2v) is 4.86. The predicted octanol–water partition coefficient (Wildman–Crippen LogP) is 4.52. The van der Waals surface area contributed by atoms with E-state index >= 15 is 0 Å². The summed E-state index contributed by atoms with van der Waals surface area (Å²) < 4.78 is 37.3. The van der Waals surface area contributed by atoms with Crippen molar-refractivity contribution >= 4 is 28.9 Å². The maximum absolute atomic E-state index is 12.4. The first-order chi connectivity index (χ1) is 10.7. The third kappa shape index (κ3) is 3.98. The van der Waals surface area contributed by atoms with Crippen molar-refractivity contribution < 1.29 is 22.9 Å². The molecule has 0 aromatic heterocycles. The zero-order chi connectivity index (χ0) is 17.2. The van der Waals surface area contributed by atoms with Crippen LogP contribution in [0, 0.1) is 10.1 Å². The smallest absolute Gasteiger partial charge is 0.322 e. The van der Waals surface area contributed by atoms with E-state index in [1.54, 1.807) is 0 Å². The minimum Gasteiger partial charge on any atom is -0.322 e. The fraction of sp³-hybridized carbons (Fsp3) is 0.0714. The monoisotopic (exact) mass is 344 g/mol. The predicted molar refractivity (Wildman–Crippen MR) is 77.5 cm³/mol. The summed E-state index contributed by atoms with van der Waals surface area (Å²) in [5.74, 6) is -0.699. The normalized spacial score (nSPS) is 11.1. The third-order valence-corrected chi connectivity index (χ3v) is 3.19. The van der Waals surface area contributed by atoms with Crippen LogP contribution in [0.4, 0.5) is 24.5 Å². The van der Waals surface area contributed by atoms with Crippen LogP contribution in [0.2, 0.25) is 5.02 Å². The van der Waals surface area contributed by atoms with E-state index < -0.39 is 28.3 Å². The number of nitrogens with one attached hydrogen (secondary N) is 1. The summed E-state index contributed by atoms with van der Waals surface area (Å²) in [5.41, 5.74) is -1.19. The van der Waals surface area contributed by atoms with Gasteiger partial charge >= 0.3 is 6.18 Å². The maximum atomic E-state index is 12.4. The Morgan fingerprint density at radius 2 is 1.74 bits per heavy atom. The van der Waals surface area contributed by atoms with Crippen LogP contribution in [0.1, 0.15) is 15.9 Å². The molecule has 0 aliphatic heterocycles. The van der Waals surface area contributed by atoms with Gasteiger partial charge in [-0.1, -0.05) is 11.6 Å². The van der Waals surface area contributed by atoms with Gasteiger partial charge in [0.2, 0.25) is 0 Å². The molecule has 0 atom stereocenters. The Bertz CT molecular complexity index is 761. The van der Waals surface area contributed by atoms with Crippen molar-refractivity contribution in [2.75, 3.05) is 5.32 Å². The van der Waals surface area contributed by atoms with Crippen LogP contribution in [0.5, 0.6) is 0 Å². The van der Waals surface area contributed by atoms with E-state index in [-0.39, 0.29) is 16.3 Å². The molecule has 0 saturated carbocycles. The number of hydrogen-bond acceptors (Lipinski definition) is 3. The number of carbonyl (C=O) groups is 1. The van der Waals surface area contributed by atoms with Gasteiger partial charge < -0.3 is 5.32 Å². The Labute approximate surface area is 132 Å². The summed E-state index contributed by atoms with van der Waals surface area (Å²) in [6, 6.07) is 7.23. The molecule has 2 rings (SSSR count). The molecule has 2 aromatic rings. The first kappa shape index (κ1) is 16.8. The Morgan fingerprint density at radius 1 is 1.13 bits per heavy atom. The largest absolute Gasteiger partial charge is 0.416 e. The number of nitro groups is 1. The fourth-order valence-electron chi connectivity index (χ4n) is 1.74. The van der Waals surface area contributed by atoms with Crippen molar-refractivity contribution in [3.05, 3.63) is 68.7 Å². The van der Waals surface area contributed by atoms with Crippen LogP contribution < -0.4 is 5.32 Å². The molecule has 0 heterocycles. The van der Waals surface area contributed by atoms with Gasteiger partial charge in [-0.05, 0) is 36.4 Å². The molecule has 23 heavy (non-hydrogen) atoms. The summed E-state index contributed by atoms with van der Waals surface area (Å²) >= 11 is 5.64. The van der Waals surface area contributed by atoms with Crippen LogP contribution in [0.3, 0.4) is 0 Å². The lowest BCUT2D eigenvalue weighted by atomic mass is 10.1. The molecule has 0 spiro atoms. The molecule has 0 bridgehead atoms. The second kappa shape index (κ2) is 6.25. The van der Waals surface area contributed by atoms with Crippen molar-refractivity contribution in [2.45, 2.75) is 6.18 Å². The number of rotatable bonds is 3. The first-order valence-electron chi connectivity index (χ1n) is 6.11. The number of nitro benzene ring substituents is 1. The molecule has 0 aliphatic carbocycles. The van der Waals surface area contributed by atoms with E-state index in [2.05, 4.69) is 5.32 Å². The third-order valence-electron chi connectivity index (χ3n) is 2.88. The number of benzene rings is 2. The van der Waals surface area contributed by atoms with Crippen molar-refractivity contribution in [1.82, 2.24) is 0 Å². The van der Waals surface area contributed by atoms with Crippen molar-refractivity contribution in [3.8, 4) is 0 Å². The minimum atomic E-state index is -4.49. The lowest BCUT2D eigenvalue weighted by Gasteiger charge is -2.08. The Morgan fingerprint density at radius 3 is 2.26 bits per heavy atom. The molecular formula is C14H8ClF3N2O3. The standard InChI is InChI=1S/C14H8ClF3N2O3/c15-11-6-5-10(7-12(11)20(22)23)19-13(21)8-1-3-9(4-2-8)14(16,17)18/h1-7H,(H,19,21). The molecule has 0 saturated heterocycles. The minimum absolute atomic E-state index is 0.0180. The average Bonchev–Trinajstić information content (AvgIpc) is 2.48. The lowest BCUT2D eigenvalue weighted by molar-refractivity contribution is -0.384. The van der Waals surface area contributed by atoms with E-state index in [4.69, 9.17) is 11.6 Å². The summed E-state index contributed by atoms with van der Waals surface area (Å²) in [6.07, 6.45) is -4.49. The van der Waals surface area contributed by atoms with Gasteiger partial charge in [-0.25, -0.2) is 0 Å². The molecule has 9 heteroatoms. The van der Waals surface area contributed by atoms with Gasteiger partial charge in [0.05, 0.1) is 10.5 Å². The van der Waals surface area contributed by atoms with Gasteiger partial charge in [-0.2, -0.15) is 13.2 Å². The van der Waals surface area contributed by atoms with Gasteiger partial charge in [-0.15, -0.1) is 0 Å². The Hall–Kier alpha value is -2.61. The maximum Gasteiger partial charge on any atom is 0.416 e. The molecule has 0 radical (unpaired) electrons. The van der Waals surface area contributed by atoms with E-state index in [1.807, 2.05) is 0 Å². The van der Waals surface area contributed by atoms with Crippen LogP contribution in [0.25, 0.3) is 0 Å². The quantitative estimate of drug-likeness (QED) is 0.657. The summed E-state index contributed by atoms with van der Waals surface area (Å²) in [4.78, 5) is 22.0. The second-order valence-electron chi connectivity index (χ2n) is 4.45.